The Morgan fingerprint density at radius 2 is 1.28 bits per heavy atom. The van der Waals surface area contributed by atoms with E-state index in [-0.39, 0.29) is 12.2 Å². The summed E-state index contributed by atoms with van der Waals surface area (Å²) < 4.78 is 48.3. The number of alkyl halides is 3. The van der Waals surface area contributed by atoms with E-state index in [1.165, 1.54) is 32.9 Å². The summed E-state index contributed by atoms with van der Waals surface area (Å²) >= 11 is 0. The predicted octanol–water partition coefficient (Wildman–Crippen LogP) is 7.29. The molecule has 158 valence electrons. The highest BCUT2D eigenvalue weighted by atomic mass is 19.4. The second-order valence-electron chi connectivity index (χ2n) is 9.67. The van der Waals surface area contributed by atoms with Gasteiger partial charge in [-0.1, -0.05) is 84.0 Å². The van der Waals surface area contributed by atoms with Gasteiger partial charge in [-0.3, -0.25) is 4.79 Å². The molecule has 0 saturated heterocycles. The number of hydrogen-bond donors (Lipinski definition) is 0. The van der Waals surface area contributed by atoms with Crippen molar-refractivity contribution in [2.45, 2.75) is 54.1 Å². The summed E-state index contributed by atoms with van der Waals surface area (Å²) in [4.78, 5) is 13.0. The van der Waals surface area contributed by atoms with Crippen molar-refractivity contribution in [3.8, 4) is 16.9 Å². The molecule has 29 heavy (non-hydrogen) atoms. The minimum atomic E-state index is -4.75. The number of carbonyl (C=O) groups is 1. The van der Waals surface area contributed by atoms with E-state index >= 15 is 0 Å². The van der Waals surface area contributed by atoms with E-state index < -0.39 is 28.4 Å². The number of rotatable bonds is 4. The third kappa shape index (κ3) is 5.01. The van der Waals surface area contributed by atoms with Gasteiger partial charge in [-0.05, 0) is 40.5 Å². The number of benzene rings is 2. The first kappa shape index (κ1) is 23.0. The summed E-state index contributed by atoms with van der Waals surface area (Å²) in [6, 6.07) is 16.1. The van der Waals surface area contributed by atoms with Gasteiger partial charge >= 0.3 is 12.1 Å². The van der Waals surface area contributed by atoms with E-state index in [4.69, 9.17) is 4.74 Å². The van der Waals surface area contributed by atoms with Crippen LogP contribution in [0.4, 0.5) is 13.2 Å². The van der Waals surface area contributed by atoms with Crippen LogP contribution in [0.25, 0.3) is 11.1 Å². The SMILES string of the molecule is CC(C)(C)CC(C(=O)Oc1ccc(-c2ccccc2)cc1)(C(C)(C)C)C(F)(F)F. The summed E-state index contributed by atoms with van der Waals surface area (Å²) in [5, 5.41) is 0. The average molecular weight is 406 g/mol. The van der Waals surface area contributed by atoms with Gasteiger partial charge in [0.15, 0.2) is 5.41 Å². The Hall–Kier alpha value is -2.30. The molecule has 0 aromatic heterocycles. The molecule has 0 aliphatic carbocycles. The Morgan fingerprint density at radius 1 is 0.793 bits per heavy atom. The van der Waals surface area contributed by atoms with Gasteiger partial charge in [0.05, 0.1) is 0 Å². The van der Waals surface area contributed by atoms with Crippen molar-refractivity contribution >= 4 is 5.97 Å². The van der Waals surface area contributed by atoms with Gasteiger partial charge in [-0.25, -0.2) is 0 Å². The maximum atomic E-state index is 14.3. The lowest BCUT2D eigenvalue weighted by Gasteiger charge is -2.46. The van der Waals surface area contributed by atoms with Crippen molar-refractivity contribution in [2.75, 3.05) is 0 Å². The van der Waals surface area contributed by atoms with Crippen LogP contribution < -0.4 is 4.74 Å². The normalized spacial score (nSPS) is 14.9. The maximum absolute atomic E-state index is 14.3. The third-order valence-electron chi connectivity index (χ3n) is 5.08. The molecule has 0 amide bonds. The first-order valence-corrected chi connectivity index (χ1v) is 9.62. The fourth-order valence-corrected chi connectivity index (χ4v) is 3.62. The molecule has 2 aromatic rings. The van der Waals surface area contributed by atoms with Gasteiger partial charge < -0.3 is 4.74 Å². The molecule has 2 aromatic carbocycles. The van der Waals surface area contributed by atoms with Crippen LogP contribution >= 0.6 is 0 Å². The first-order chi connectivity index (χ1) is 13.2. The van der Waals surface area contributed by atoms with Crippen LogP contribution in [-0.4, -0.2) is 12.1 Å². The Labute approximate surface area is 171 Å². The largest absolute Gasteiger partial charge is 0.426 e. The molecule has 0 N–H and O–H groups in total. The molecule has 0 bridgehead atoms. The highest BCUT2D eigenvalue weighted by molar-refractivity contribution is 5.81. The fourth-order valence-electron chi connectivity index (χ4n) is 3.62. The molecule has 0 fully saturated rings. The van der Waals surface area contributed by atoms with Crippen LogP contribution in [0.1, 0.15) is 48.0 Å². The monoisotopic (exact) mass is 406 g/mol. The minimum absolute atomic E-state index is 0.0986. The average Bonchev–Trinajstić information content (AvgIpc) is 2.58. The summed E-state index contributed by atoms with van der Waals surface area (Å²) in [7, 11) is 0. The Bertz CT molecular complexity index is 810. The molecule has 5 heteroatoms. The summed E-state index contributed by atoms with van der Waals surface area (Å²) in [5.41, 5.74) is -2.87. The second kappa shape index (κ2) is 7.85. The van der Waals surface area contributed by atoms with Crippen LogP contribution in [0, 0.1) is 16.2 Å². The number of carbonyl (C=O) groups excluding carboxylic acids is 1. The van der Waals surface area contributed by atoms with Gasteiger partial charge in [0.2, 0.25) is 0 Å². The highest BCUT2D eigenvalue weighted by Gasteiger charge is 2.68. The van der Waals surface area contributed by atoms with Crippen LogP contribution in [0.2, 0.25) is 0 Å². The molecular weight excluding hydrogens is 377 g/mol. The first-order valence-electron chi connectivity index (χ1n) is 9.62. The number of esters is 1. The Kier molecular flexibility index (Phi) is 6.22. The van der Waals surface area contributed by atoms with E-state index in [1.54, 1.807) is 32.9 Å². The number of hydrogen-bond acceptors (Lipinski definition) is 2. The quantitative estimate of drug-likeness (QED) is 0.394. The number of halogens is 3. The zero-order valence-corrected chi connectivity index (χ0v) is 17.9. The molecule has 1 atom stereocenters. The predicted molar refractivity (Wildman–Crippen MR) is 110 cm³/mol. The zero-order valence-electron chi connectivity index (χ0n) is 17.9. The molecule has 2 rings (SSSR count). The molecule has 0 heterocycles. The fraction of sp³-hybridized carbons (Fsp3) is 0.458. The van der Waals surface area contributed by atoms with Crippen molar-refractivity contribution in [1.82, 2.24) is 0 Å². The van der Waals surface area contributed by atoms with E-state index in [1.807, 2.05) is 30.3 Å². The summed E-state index contributed by atoms with van der Waals surface area (Å²) in [5.74, 6) is -1.17. The zero-order chi connectivity index (χ0) is 22.1. The van der Waals surface area contributed by atoms with Crippen LogP contribution in [0.15, 0.2) is 54.6 Å². The minimum Gasteiger partial charge on any atom is -0.426 e. The third-order valence-corrected chi connectivity index (χ3v) is 5.08. The molecular formula is C24H29F3O2. The van der Waals surface area contributed by atoms with E-state index in [0.717, 1.165) is 11.1 Å². The lowest BCUT2D eigenvalue weighted by atomic mass is 9.59. The highest BCUT2D eigenvalue weighted by Crippen LogP contribution is 2.57. The molecule has 0 saturated carbocycles. The van der Waals surface area contributed by atoms with Gasteiger partial charge in [-0.15, -0.1) is 0 Å². The Morgan fingerprint density at radius 3 is 1.69 bits per heavy atom. The van der Waals surface area contributed by atoms with Gasteiger partial charge in [0.1, 0.15) is 5.75 Å². The maximum Gasteiger partial charge on any atom is 0.405 e. The van der Waals surface area contributed by atoms with Crippen molar-refractivity contribution in [2.24, 2.45) is 16.2 Å². The number of ether oxygens (including phenoxy) is 1. The summed E-state index contributed by atoms with van der Waals surface area (Å²) in [6.07, 6.45) is -5.12. The topological polar surface area (TPSA) is 26.3 Å². The van der Waals surface area contributed by atoms with Crippen molar-refractivity contribution < 1.29 is 22.7 Å². The smallest absolute Gasteiger partial charge is 0.405 e. The molecule has 0 spiro atoms. The van der Waals surface area contributed by atoms with Gasteiger partial charge in [-0.2, -0.15) is 13.2 Å². The van der Waals surface area contributed by atoms with Crippen LogP contribution in [0.5, 0.6) is 5.75 Å². The lowest BCUT2D eigenvalue weighted by molar-refractivity contribution is -0.265. The standard InChI is InChI=1S/C24H29F3O2/c1-21(2,3)16-23(22(4,5)6,24(25,26)27)20(28)29-19-14-12-18(13-15-19)17-10-8-7-9-11-17/h7-15H,16H2,1-6H3. The van der Waals surface area contributed by atoms with E-state index in [9.17, 15) is 18.0 Å². The van der Waals surface area contributed by atoms with E-state index in [2.05, 4.69) is 0 Å². The lowest BCUT2D eigenvalue weighted by Crippen LogP contribution is -2.57. The molecule has 2 nitrogen and oxygen atoms in total. The van der Waals surface area contributed by atoms with Crippen LogP contribution in [0.3, 0.4) is 0 Å². The van der Waals surface area contributed by atoms with Crippen molar-refractivity contribution in [3.63, 3.8) is 0 Å². The van der Waals surface area contributed by atoms with Crippen molar-refractivity contribution in [1.29, 1.82) is 0 Å². The van der Waals surface area contributed by atoms with E-state index in [0.29, 0.717) is 0 Å². The van der Waals surface area contributed by atoms with Gasteiger partial charge in [0, 0.05) is 0 Å². The molecule has 0 aliphatic rings. The van der Waals surface area contributed by atoms with Gasteiger partial charge in [0.25, 0.3) is 0 Å². The van der Waals surface area contributed by atoms with Crippen LogP contribution in [-0.2, 0) is 4.79 Å². The second-order valence-corrected chi connectivity index (χ2v) is 9.67. The summed E-state index contributed by atoms with van der Waals surface area (Å²) in [6.45, 7) is 9.40. The Balaban J connectivity index is 2.39. The molecule has 1 unspecified atom stereocenters. The molecule has 0 aliphatic heterocycles. The molecule has 0 radical (unpaired) electrons. The van der Waals surface area contributed by atoms with Crippen molar-refractivity contribution in [3.05, 3.63) is 54.6 Å².